The number of nitrogens with zero attached hydrogens (tertiary/aromatic N) is 1. The first-order chi connectivity index (χ1) is 8.97. The molecular formula is C12H11BrFN3OS. The molecule has 0 saturated carbocycles. The van der Waals surface area contributed by atoms with E-state index in [1.165, 1.54) is 12.1 Å². The van der Waals surface area contributed by atoms with Crippen LogP contribution in [-0.4, -0.2) is 10.9 Å². The lowest BCUT2D eigenvalue weighted by Gasteiger charge is -2.06. The summed E-state index contributed by atoms with van der Waals surface area (Å²) in [6, 6.07) is 4.33. The highest BCUT2D eigenvalue weighted by Crippen LogP contribution is 2.21. The predicted molar refractivity (Wildman–Crippen MR) is 76.5 cm³/mol. The van der Waals surface area contributed by atoms with Crippen LogP contribution in [0, 0.1) is 12.7 Å². The number of nitrogens with two attached hydrogens (primary N) is 1. The molecule has 0 atom stereocenters. The molecule has 1 aromatic carbocycles. The number of carbonyl (C=O) groups excluding carboxylic acids is 1. The maximum Gasteiger partial charge on any atom is 0.263 e. The molecule has 0 spiro atoms. The number of hydrogen-bond acceptors (Lipinski definition) is 4. The zero-order valence-corrected chi connectivity index (χ0v) is 12.4. The third kappa shape index (κ3) is 3.30. The van der Waals surface area contributed by atoms with Gasteiger partial charge in [0.15, 0.2) is 5.13 Å². The fourth-order valence-electron chi connectivity index (χ4n) is 1.56. The van der Waals surface area contributed by atoms with Crippen LogP contribution in [0.4, 0.5) is 9.52 Å². The highest BCUT2D eigenvalue weighted by Gasteiger charge is 2.14. The standard InChI is InChI=1S/C12H11BrFN3OS/c1-6-10(19-12(15)17-6)11(18)16-5-7-4-8(14)2-3-9(7)13/h2-4H,5H2,1H3,(H2,15,17)(H,16,18). The number of halogens is 2. The van der Waals surface area contributed by atoms with Gasteiger partial charge in [-0.05, 0) is 30.7 Å². The van der Waals surface area contributed by atoms with E-state index < -0.39 is 0 Å². The second-order valence-electron chi connectivity index (χ2n) is 3.89. The van der Waals surface area contributed by atoms with Gasteiger partial charge in [-0.2, -0.15) is 0 Å². The van der Waals surface area contributed by atoms with Gasteiger partial charge in [0.05, 0.1) is 5.69 Å². The number of aryl methyl sites for hydroxylation is 1. The van der Waals surface area contributed by atoms with Crippen LogP contribution in [-0.2, 0) is 6.54 Å². The van der Waals surface area contributed by atoms with E-state index in [-0.39, 0.29) is 18.3 Å². The van der Waals surface area contributed by atoms with E-state index >= 15 is 0 Å². The Balaban J connectivity index is 2.08. The van der Waals surface area contributed by atoms with Gasteiger partial charge in [-0.3, -0.25) is 4.79 Å². The summed E-state index contributed by atoms with van der Waals surface area (Å²) in [5.74, 6) is -0.603. The third-order valence-corrected chi connectivity index (χ3v) is 4.23. The summed E-state index contributed by atoms with van der Waals surface area (Å²) in [6.07, 6.45) is 0. The first-order valence-electron chi connectivity index (χ1n) is 5.42. The summed E-state index contributed by atoms with van der Waals surface area (Å²) in [6.45, 7) is 1.95. The van der Waals surface area contributed by atoms with Gasteiger partial charge in [-0.25, -0.2) is 9.37 Å². The molecule has 1 heterocycles. The van der Waals surface area contributed by atoms with Crippen molar-refractivity contribution >= 4 is 38.3 Å². The molecular weight excluding hydrogens is 333 g/mol. The van der Waals surface area contributed by atoms with Gasteiger partial charge in [0.1, 0.15) is 10.7 Å². The number of hydrogen-bond donors (Lipinski definition) is 2. The zero-order valence-electron chi connectivity index (χ0n) is 10.0. The van der Waals surface area contributed by atoms with Gasteiger partial charge in [-0.1, -0.05) is 27.3 Å². The Morgan fingerprint density at radius 1 is 1.58 bits per heavy atom. The molecule has 3 N–H and O–H groups in total. The van der Waals surface area contributed by atoms with E-state index in [0.29, 0.717) is 21.3 Å². The number of benzene rings is 1. The quantitative estimate of drug-likeness (QED) is 0.900. The number of aromatic nitrogens is 1. The second kappa shape index (κ2) is 5.66. The lowest BCUT2D eigenvalue weighted by molar-refractivity contribution is 0.0954. The minimum absolute atomic E-state index is 0.231. The number of thiazole rings is 1. The third-order valence-electron chi connectivity index (χ3n) is 2.47. The molecule has 0 fully saturated rings. The molecule has 0 aliphatic rings. The van der Waals surface area contributed by atoms with Crippen LogP contribution in [0.1, 0.15) is 20.9 Å². The molecule has 0 saturated heterocycles. The van der Waals surface area contributed by atoms with Crippen molar-refractivity contribution in [3.63, 3.8) is 0 Å². The molecule has 4 nitrogen and oxygen atoms in total. The second-order valence-corrected chi connectivity index (χ2v) is 5.77. The lowest BCUT2D eigenvalue weighted by Crippen LogP contribution is -2.22. The van der Waals surface area contributed by atoms with E-state index in [4.69, 9.17) is 5.73 Å². The number of carbonyl (C=O) groups is 1. The molecule has 2 aromatic rings. The molecule has 100 valence electrons. The Labute approximate surface area is 122 Å². The van der Waals surface area contributed by atoms with Gasteiger partial charge in [0.25, 0.3) is 5.91 Å². The SMILES string of the molecule is Cc1nc(N)sc1C(=O)NCc1cc(F)ccc1Br. The number of nitrogen functional groups attached to an aromatic ring is 1. The molecule has 2 rings (SSSR count). The van der Waals surface area contributed by atoms with Crippen molar-refractivity contribution < 1.29 is 9.18 Å². The summed E-state index contributed by atoms with van der Waals surface area (Å²) in [7, 11) is 0. The van der Waals surface area contributed by atoms with Crippen LogP contribution in [0.2, 0.25) is 0 Å². The van der Waals surface area contributed by atoms with Crippen LogP contribution in [0.5, 0.6) is 0 Å². The van der Waals surface area contributed by atoms with E-state index in [1.807, 2.05) is 0 Å². The van der Waals surface area contributed by atoms with Crippen molar-refractivity contribution in [3.05, 3.63) is 44.6 Å². The van der Waals surface area contributed by atoms with Crippen molar-refractivity contribution in [2.45, 2.75) is 13.5 Å². The Morgan fingerprint density at radius 2 is 2.32 bits per heavy atom. The first-order valence-corrected chi connectivity index (χ1v) is 7.03. The van der Waals surface area contributed by atoms with Gasteiger partial charge in [-0.15, -0.1) is 0 Å². The molecule has 19 heavy (non-hydrogen) atoms. The van der Waals surface area contributed by atoms with Crippen LogP contribution >= 0.6 is 27.3 Å². The maximum absolute atomic E-state index is 13.1. The number of nitrogens with one attached hydrogen (secondary N) is 1. The van der Waals surface area contributed by atoms with E-state index in [0.717, 1.165) is 15.8 Å². The first kappa shape index (κ1) is 14.0. The summed E-state index contributed by atoms with van der Waals surface area (Å²) in [4.78, 5) is 16.4. The summed E-state index contributed by atoms with van der Waals surface area (Å²) >= 11 is 4.44. The van der Waals surface area contributed by atoms with Crippen molar-refractivity contribution in [2.75, 3.05) is 5.73 Å². The highest BCUT2D eigenvalue weighted by molar-refractivity contribution is 9.10. The highest BCUT2D eigenvalue weighted by atomic mass is 79.9. The van der Waals surface area contributed by atoms with Crippen LogP contribution in [0.3, 0.4) is 0 Å². The number of rotatable bonds is 3. The summed E-state index contributed by atoms with van der Waals surface area (Å²) in [5, 5.41) is 3.07. The Hall–Kier alpha value is -1.47. The molecule has 0 radical (unpaired) electrons. The topological polar surface area (TPSA) is 68.0 Å². The molecule has 0 aliphatic heterocycles. The van der Waals surface area contributed by atoms with Crippen molar-refractivity contribution in [2.24, 2.45) is 0 Å². The molecule has 1 aromatic heterocycles. The van der Waals surface area contributed by atoms with Crippen LogP contribution < -0.4 is 11.1 Å². The van der Waals surface area contributed by atoms with Gasteiger partial charge >= 0.3 is 0 Å². The minimum atomic E-state index is -0.342. The largest absolute Gasteiger partial charge is 0.375 e. The number of amides is 1. The monoisotopic (exact) mass is 343 g/mol. The normalized spacial score (nSPS) is 10.5. The molecule has 0 aliphatic carbocycles. The fraction of sp³-hybridized carbons (Fsp3) is 0.167. The fourth-order valence-corrected chi connectivity index (χ4v) is 2.70. The van der Waals surface area contributed by atoms with E-state index in [9.17, 15) is 9.18 Å². The summed E-state index contributed by atoms with van der Waals surface area (Å²) in [5.41, 5.74) is 6.80. The molecule has 1 amide bonds. The van der Waals surface area contributed by atoms with Gasteiger partial charge < -0.3 is 11.1 Å². The Bertz CT molecular complexity index is 629. The smallest absolute Gasteiger partial charge is 0.263 e. The molecule has 0 bridgehead atoms. The maximum atomic E-state index is 13.1. The van der Waals surface area contributed by atoms with Crippen molar-refractivity contribution in [1.29, 1.82) is 0 Å². The Kier molecular flexibility index (Phi) is 4.16. The average molecular weight is 344 g/mol. The van der Waals surface area contributed by atoms with E-state index in [2.05, 4.69) is 26.2 Å². The van der Waals surface area contributed by atoms with Crippen LogP contribution in [0.25, 0.3) is 0 Å². The van der Waals surface area contributed by atoms with Gasteiger partial charge in [0, 0.05) is 11.0 Å². The average Bonchev–Trinajstić information content (AvgIpc) is 2.69. The molecule has 0 unspecified atom stereocenters. The van der Waals surface area contributed by atoms with E-state index in [1.54, 1.807) is 13.0 Å². The van der Waals surface area contributed by atoms with Crippen LogP contribution in [0.15, 0.2) is 22.7 Å². The lowest BCUT2D eigenvalue weighted by atomic mass is 10.2. The Morgan fingerprint density at radius 3 is 2.95 bits per heavy atom. The van der Waals surface area contributed by atoms with Gasteiger partial charge in [0.2, 0.25) is 0 Å². The van der Waals surface area contributed by atoms with Crippen molar-refractivity contribution in [1.82, 2.24) is 10.3 Å². The van der Waals surface area contributed by atoms with Crippen molar-refractivity contribution in [3.8, 4) is 0 Å². The zero-order chi connectivity index (χ0) is 14.0. The summed E-state index contributed by atoms with van der Waals surface area (Å²) < 4.78 is 13.8. The predicted octanol–water partition coefficient (Wildman–Crippen LogP) is 2.87. The molecule has 7 heteroatoms. The minimum Gasteiger partial charge on any atom is -0.375 e. The number of anilines is 1.